The van der Waals surface area contributed by atoms with E-state index in [1.807, 2.05) is 6.20 Å². The lowest BCUT2D eigenvalue weighted by Crippen LogP contribution is -2.78. The van der Waals surface area contributed by atoms with Crippen LogP contribution in [0.25, 0.3) is 11.3 Å². The predicted octanol–water partition coefficient (Wildman–Crippen LogP) is 3.66. The maximum Gasteiger partial charge on any atom is 0.573 e. The molecule has 2 aromatic heterocycles. The Balaban J connectivity index is 1.27. The summed E-state index contributed by atoms with van der Waals surface area (Å²) in [5.74, 6) is 0.677. The molecule has 172 valence electrons. The lowest BCUT2D eigenvalue weighted by atomic mass is 9.43. The van der Waals surface area contributed by atoms with Gasteiger partial charge >= 0.3 is 6.36 Å². The zero-order chi connectivity index (χ0) is 22.1. The van der Waals surface area contributed by atoms with Gasteiger partial charge in [-0.3, -0.25) is 4.90 Å². The molecular formula is C22H26F3N5O2. The number of nitrogen functional groups attached to an aromatic ring is 1. The molecule has 4 saturated carbocycles. The monoisotopic (exact) mass is 449 g/mol. The van der Waals surface area contributed by atoms with Crippen LogP contribution in [0.1, 0.15) is 50.3 Å². The quantitative estimate of drug-likeness (QED) is 0.751. The Morgan fingerprint density at radius 3 is 2.62 bits per heavy atom. The first-order chi connectivity index (χ1) is 15.3. The van der Waals surface area contributed by atoms with Gasteiger partial charge in [-0.2, -0.15) is 0 Å². The molecule has 10 heteroatoms. The summed E-state index contributed by atoms with van der Waals surface area (Å²) >= 11 is 0. The molecule has 2 N–H and O–H groups in total. The number of nitrogens with two attached hydrogens (primary N) is 1. The molecule has 0 unspecified atom stereocenters. The van der Waals surface area contributed by atoms with Crippen LogP contribution in [-0.4, -0.2) is 57.6 Å². The molecule has 1 aliphatic heterocycles. The number of hydrogen-bond acceptors (Lipinski definition) is 6. The van der Waals surface area contributed by atoms with E-state index < -0.39 is 12.1 Å². The Morgan fingerprint density at radius 2 is 1.91 bits per heavy atom. The molecule has 2 bridgehead atoms. The number of pyridine rings is 1. The van der Waals surface area contributed by atoms with Crippen molar-refractivity contribution in [3.63, 3.8) is 0 Å². The maximum atomic E-state index is 12.7. The second-order valence-corrected chi connectivity index (χ2v) is 9.72. The van der Waals surface area contributed by atoms with Crippen molar-refractivity contribution in [3.8, 4) is 17.0 Å². The molecule has 5 fully saturated rings. The van der Waals surface area contributed by atoms with E-state index in [0.29, 0.717) is 17.2 Å². The van der Waals surface area contributed by atoms with Crippen molar-refractivity contribution in [2.75, 3.05) is 32.0 Å². The first-order valence-corrected chi connectivity index (χ1v) is 11.2. The lowest BCUT2D eigenvalue weighted by Gasteiger charge is -2.74. The Hall–Kier alpha value is -2.33. The molecule has 5 aliphatic rings. The van der Waals surface area contributed by atoms with Crippen LogP contribution in [0, 0.1) is 0 Å². The first-order valence-electron chi connectivity index (χ1n) is 11.2. The van der Waals surface area contributed by atoms with Gasteiger partial charge in [-0.15, -0.1) is 13.2 Å². The van der Waals surface area contributed by atoms with Crippen molar-refractivity contribution in [2.24, 2.45) is 0 Å². The highest BCUT2D eigenvalue weighted by atomic mass is 19.4. The van der Waals surface area contributed by atoms with Crippen LogP contribution in [0.5, 0.6) is 5.75 Å². The summed E-state index contributed by atoms with van der Waals surface area (Å²) in [7, 11) is 0. The Labute approximate surface area is 183 Å². The molecule has 0 atom stereocenters. The van der Waals surface area contributed by atoms with Gasteiger partial charge in [-0.25, -0.2) is 9.97 Å². The van der Waals surface area contributed by atoms with Crippen LogP contribution in [-0.2, 0) is 10.3 Å². The molecule has 1 saturated heterocycles. The molecule has 0 spiro atoms. The fraction of sp³-hybridized carbons (Fsp3) is 0.636. The summed E-state index contributed by atoms with van der Waals surface area (Å²) in [5.41, 5.74) is 7.04. The van der Waals surface area contributed by atoms with Gasteiger partial charge < -0.3 is 19.8 Å². The third-order valence-electron chi connectivity index (χ3n) is 7.46. The standard InChI is InChI=1S/C22H26F3N5O2/c23-22(24,25)32-17-8-15(9-27-18(17)26)16-10-30(19(28-16)14-2-3-14)21-11-20(12-21,13-21)29-4-1-6-31-7-5-29/h8-10,14H,1-7,11-13H2,(H2,26,27). The second kappa shape index (κ2) is 6.84. The van der Waals surface area contributed by atoms with Gasteiger partial charge in [-0.05, 0) is 44.6 Å². The molecule has 2 aromatic rings. The van der Waals surface area contributed by atoms with Gasteiger partial charge in [0.2, 0.25) is 0 Å². The molecule has 7 nitrogen and oxygen atoms in total. The molecule has 0 aromatic carbocycles. The molecule has 7 rings (SSSR count). The van der Waals surface area contributed by atoms with Gasteiger partial charge in [-0.1, -0.05) is 0 Å². The van der Waals surface area contributed by atoms with Gasteiger partial charge in [0.05, 0.1) is 17.8 Å². The van der Waals surface area contributed by atoms with E-state index in [1.165, 1.54) is 12.3 Å². The number of aromatic nitrogens is 3. The van der Waals surface area contributed by atoms with E-state index in [-0.39, 0.29) is 16.9 Å². The lowest BCUT2D eigenvalue weighted by molar-refractivity contribution is -0.274. The number of halogens is 3. The minimum atomic E-state index is -4.83. The van der Waals surface area contributed by atoms with Gasteiger partial charge in [0.15, 0.2) is 11.6 Å². The van der Waals surface area contributed by atoms with E-state index in [1.54, 1.807) is 0 Å². The minimum absolute atomic E-state index is 0.0723. The number of ether oxygens (including phenoxy) is 2. The predicted molar refractivity (Wildman–Crippen MR) is 110 cm³/mol. The smallest absolute Gasteiger partial charge is 0.402 e. The molecule has 0 amide bonds. The summed E-state index contributed by atoms with van der Waals surface area (Å²) in [6.07, 6.45) is 5.19. The van der Waals surface area contributed by atoms with E-state index in [4.69, 9.17) is 15.5 Å². The summed E-state index contributed by atoms with van der Waals surface area (Å²) in [5, 5.41) is 0. The fourth-order valence-electron chi connectivity index (χ4n) is 5.84. The van der Waals surface area contributed by atoms with Gasteiger partial charge in [0.25, 0.3) is 0 Å². The van der Waals surface area contributed by atoms with E-state index in [2.05, 4.69) is 19.2 Å². The van der Waals surface area contributed by atoms with Crippen molar-refractivity contribution in [1.29, 1.82) is 0 Å². The van der Waals surface area contributed by atoms with Crippen LogP contribution < -0.4 is 10.5 Å². The van der Waals surface area contributed by atoms with Crippen LogP contribution in [0.4, 0.5) is 19.0 Å². The third kappa shape index (κ3) is 3.26. The highest BCUT2D eigenvalue weighted by Gasteiger charge is 2.71. The number of hydrogen-bond donors (Lipinski definition) is 1. The Kier molecular flexibility index (Phi) is 4.33. The summed E-state index contributed by atoms with van der Waals surface area (Å²) in [6, 6.07) is 1.28. The fourth-order valence-corrected chi connectivity index (χ4v) is 5.84. The van der Waals surface area contributed by atoms with Crippen LogP contribution >= 0.6 is 0 Å². The highest BCUT2D eigenvalue weighted by Crippen LogP contribution is 2.69. The minimum Gasteiger partial charge on any atom is -0.402 e. The number of alkyl halides is 3. The highest BCUT2D eigenvalue weighted by molar-refractivity contribution is 5.64. The Bertz CT molecular complexity index is 1020. The van der Waals surface area contributed by atoms with Crippen molar-refractivity contribution in [1.82, 2.24) is 19.4 Å². The largest absolute Gasteiger partial charge is 0.573 e. The molecular weight excluding hydrogens is 423 g/mol. The summed E-state index contributed by atoms with van der Waals surface area (Å²) in [4.78, 5) is 11.4. The molecule has 32 heavy (non-hydrogen) atoms. The van der Waals surface area contributed by atoms with Crippen molar-refractivity contribution < 1.29 is 22.6 Å². The van der Waals surface area contributed by atoms with Gasteiger partial charge in [0, 0.05) is 49.1 Å². The zero-order valence-corrected chi connectivity index (χ0v) is 17.7. The van der Waals surface area contributed by atoms with E-state index in [0.717, 1.165) is 70.7 Å². The van der Waals surface area contributed by atoms with Gasteiger partial charge in [0.1, 0.15) is 5.82 Å². The van der Waals surface area contributed by atoms with E-state index >= 15 is 0 Å². The van der Waals surface area contributed by atoms with Crippen LogP contribution in [0.15, 0.2) is 18.5 Å². The normalized spacial score (nSPS) is 30.3. The molecule has 4 aliphatic carbocycles. The third-order valence-corrected chi connectivity index (χ3v) is 7.46. The van der Waals surface area contributed by atoms with Crippen LogP contribution in [0.3, 0.4) is 0 Å². The Morgan fingerprint density at radius 1 is 1.12 bits per heavy atom. The number of imidazole rings is 1. The number of nitrogens with zero attached hydrogens (tertiary/aromatic N) is 4. The first kappa shape index (κ1) is 20.3. The summed E-state index contributed by atoms with van der Waals surface area (Å²) < 4.78 is 50.2. The van der Waals surface area contributed by atoms with Crippen LogP contribution in [0.2, 0.25) is 0 Å². The average molecular weight is 449 g/mol. The van der Waals surface area contributed by atoms with Crippen molar-refractivity contribution in [3.05, 3.63) is 24.3 Å². The molecule has 0 radical (unpaired) electrons. The van der Waals surface area contributed by atoms with Crippen molar-refractivity contribution >= 4 is 5.82 Å². The SMILES string of the molecule is Nc1ncc(-c2cn(C34CC(N5CCCOCC5)(C3)C4)c(C3CC3)n2)cc1OC(F)(F)F. The number of rotatable bonds is 5. The molecule has 3 heterocycles. The van der Waals surface area contributed by atoms with E-state index in [9.17, 15) is 13.2 Å². The maximum absolute atomic E-state index is 12.7. The summed E-state index contributed by atoms with van der Waals surface area (Å²) in [6.45, 7) is 3.70. The van der Waals surface area contributed by atoms with Crippen molar-refractivity contribution in [2.45, 2.75) is 61.9 Å². The second-order valence-electron chi connectivity index (χ2n) is 9.72. The topological polar surface area (TPSA) is 78.4 Å². The number of anilines is 1. The zero-order valence-electron chi connectivity index (χ0n) is 17.7. The average Bonchev–Trinajstić information content (AvgIpc) is 3.46.